The Labute approximate surface area is 140 Å². The Morgan fingerprint density at radius 3 is 2.54 bits per heavy atom. The van der Waals surface area contributed by atoms with Gasteiger partial charge in [-0.25, -0.2) is 0 Å². The zero-order valence-corrected chi connectivity index (χ0v) is 13.6. The maximum Gasteiger partial charge on any atom is 0.240 e. The van der Waals surface area contributed by atoms with Crippen molar-refractivity contribution in [1.82, 2.24) is 10.6 Å². The first-order valence-corrected chi connectivity index (χ1v) is 7.84. The van der Waals surface area contributed by atoms with E-state index >= 15 is 0 Å². The van der Waals surface area contributed by atoms with Crippen molar-refractivity contribution in [1.29, 1.82) is 0 Å². The molecule has 1 aromatic heterocycles. The van der Waals surface area contributed by atoms with Crippen LogP contribution in [0.25, 0.3) is 0 Å². The van der Waals surface area contributed by atoms with Crippen molar-refractivity contribution in [3.8, 4) is 0 Å². The van der Waals surface area contributed by atoms with Crippen LogP contribution >= 0.6 is 0 Å². The van der Waals surface area contributed by atoms with Crippen LogP contribution in [0, 0.1) is 6.92 Å². The van der Waals surface area contributed by atoms with Gasteiger partial charge in [-0.2, -0.15) is 0 Å². The summed E-state index contributed by atoms with van der Waals surface area (Å²) < 4.78 is 5.15. The van der Waals surface area contributed by atoms with Crippen LogP contribution in [-0.4, -0.2) is 30.1 Å². The second kappa shape index (κ2) is 8.88. The van der Waals surface area contributed by atoms with Gasteiger partial charge in [-0.05, 0) is 31.0 Å². The molecule has 0 aliphatic carbocycles. The van der Waals surface area contributed by atoms with Gasteiger partial charge in [0.2, 0.25) is 11.8 Å². The third kappa shape index (κ3) is 5.55. The van der Waals surface area contributed by atoms with E-state index in [-0.39, 0.29) is 25.0 Å². The maximum absolute atomic E-state index is 11.8. The lowest BCUT2D eigenvalue weighted by molar-refractivity contribution is -0.126. The number of aliphatic hydroxyl groups is 1. The van der Waals surface area contributed by atoms with E-state index < -0.39 is 6.04 Å². The van der Waals surface area contributed by atoms with E-state index in [4.69, 9.17) is 4.42 Å². The lowest BCUT2D eigenvalue weighted by atomic mass is 10.1. The van der Waals surface area contributed by atoms with E-state index in [1.54, 1.807) is 12.1 Å². The van der Waals surface area contributed by atoms with Crippen LogP contribution < -0.4 is 10.6 Å². The first kappa shape index (κ1) is 17.7. The van der Waals surface area contributed by atoms with Gasteiger partial charge >= 0.3 is 0 Å². The number of aryl methyl sites for hydroxylation is 2. The normalized spacial score (nSPS) is 11.8. The minimum atomic E-state index is -0.614. The lowest BCUT2D eigenvalue weighted by Crippen LogP contribution is -2.39. The summed E-state index contributed by atoms with van der Waals surface area (Å²) in [5, 5.41) is 14.5. The molecule has 2 amide bonds. The van der Waals surface area contributed by atoms with Gasteiger partial charge in [0, 0.05) is 6.42 Å². The Kier molecular flexibility index (Phi) is 6.57. The molecule has 2 aromatic rings. The van der Waals surface area contributed by atoms with Gasteiger partial charge in [-0.3, -0.25) is 9.59 Å². The van der Waals surface area contributed by atoms with Crippen molar-refractivity contribution in [2.75, 3.05) is 13.2 Å². The van der Waals surface area contributed by atoms with Crippen molar-refractivity contribution in [3.05, 3.63) is 59.5 Å². The predicted octanol–water partition coefficient (Wildman–Crippen LogP) is 1.49. The summed E-state index contributed by atoms with van der Waals surface area (Å²) in [6.07, 6.45) is 2.41. The minimum absolute atomic E-state index is 0.135. The number of hydrogen-bond acceptors (Lipinski definition) is 4. The SMILES string of the molecule is Cc1ccc(CCC(=O)NCC(=O)NC(CO)c2ccco2)cc1. The van der Waals surface area contributed by atoms with E-state index in [1.807, 2.05) is 31.2 Å². The van der Waals surface area contributed by atoms with E-state index in [9.17, 15) is 14.7 Å². The summed E-state index contributed by atoms with van der Waals surface area (Å²) in [5.41, 5.74) is 2.26. The van der Waals surface area contributed by atoms with Crippen LogP contribution in [0.2, 0.25) is 0 Å². The molecule has 0 radical (unpaired) electrons. The molecule has 1 heterocycles. The number of carbonyl (C=O) groups is 2. The van der Waals surface area contributed by atoms with Gasteiger partial charge in [0.1, 0.15) is 11.8 Å². The summed E-state index contributed by atoms with van der Waals surface area (Å²) in [7, 11) is 0. The predicted molar refractivity (Wildman–Crippen MR) is 89.2 cm³/mol. The molecule has 0 aliphatic rings. The first-order chi connectivity index (χ1) is 11.6. The molecule has 1 aromatic carbocycles. The topological polar surface area (TPSA) is 91.6 Å². The highest BCUT2D eigenvalue weighted by Crippen LogP contribution is 2.12. The van der Waals surface area contributed by atoms with Crippen LogP contribution in [0.15, 0.2) is 47.1 Å². The summed E-state index contributed by atoms with van der Waals surface area (Å²) >= 11 is 0. The Hall–Kier alpha value is -2.60. The summed E-state index contributed by atoms with van der Waals surface area (Å²) in [4.78, 5) is 23.7. The molecule has 0 fully saturated rings. The smallest absolute Gasteiger partial charge is 0.240 e. The highest BCUT2D eigenvalue weighted by atomic mass is 16.3. The van der Waals surface area contributed by atoms with Crippen LogP contribution in [-0.2, 0) is 16.0 Å². The summed E-state index contributed by atoms with van der Waals surface area (Å²) in [6, 6.07) is 10.7. The zero-order valence-electron chi connectivity index (χ0n) is 13.6. The van der Waals surface area contributed by atoms with E-state index in [0.29, 0.717) is 18.6 Å². The molecule has 0 saturated carbocycles. The van der Waals surface area contributed by atoms with Crippen molar-refractivity contribution >= 4 is 11.8 Å². The van der Waals surface area contributed by atoms with Gasteiger partial charge in [0.25, 0.3) is 0 Å². The van der Waals surface area contributed by atoms with E-state index in [1.165, 1.54) is 11.8 Å². The van der Waals surface area contributed by atoms with Gasteiger partial charge in [0.15, 0.2) is 0 Å². The van der Waals surface area contributed by atoms with Crippen molar-refractivity contribution in [2.45, 2.75) is 25.8 Å². The molecule has 2 rings (SSSR count). The van der Waals surface area contributed by atoms with Crippen LogP contribution in [0.3, 0.4) is 0 Å². The standard InChI is InChI=1S/C18H22N2O4/c1-13-4-6-14(7-5-13)8-9-17(22)19-11-18(23)20-15(12-21)16-3-2-10-24-16/h2-7,10,15,21H,8-9,11-12H2,1H3,(H,19,22)(H,20,23). The molecule has 1 unspecified atom stereocenters. The van der Waals surface area contributed by atoms with Crippen LogP contribution in [0.5, 0.6) is 0 Å². The fourth-order valence-electron chi connectivity index (χ4n) is 2.22. The number of benzene rings is 1. The average molecular weight is 330 g/mol. The van der Waals surface area contributed by atoms with Crippen molar-refractivity contribution in [2.24, 2.45) is 0 Å². The quantitative estimate of drug-likeness (QED) is 0.684. The number of nitrogens with one attached hydrogen (secondary N) is 2. The average Bonchev–Trinajstić information content (AvgIpc) is 3.11. The van der Waals surface area contributed by atoms with Crippen molar-refractivity contribution < 1.29 is 19.1 Å². The highest BCUT2D eigenvalue weighted by Gasteiger charge is 2.16. The molecule has 3 N–H and O–H groups in total. The Morgan fingerprint density at radius 2 is 1.92 bits per heavy atom. The van der Waals surface area contributed by atoms with Gasteiger partial charge < -0.3 is 20.2 Å². The Morgan fingerprint density at radius 1 is 1.17 bits per heavy atom. The second-order valence-corrected chi connectivity index (χ2v) is 5.58. The van der Waals surface area contributed by atoms with Crippen LogP contribution in [0.4, 0.5) is 0 Å². The maximum atomic E-state index is 11.8. The van der Waals surface area contributed by atoms with Gasteiger partial charge in [0.05, 0.1) is 19.4 Å². The molecular weight excluding hydrogens is 308 g/mol. The van der Waals surface area contributed by atoms with E-state index in [2.05, 4.69) is 10.6 Å². The summed E-state index contributed by atoms with van der Waals surface area (Å²) in [5.74, 6) is -0.102. The first-order valence-electron chi connectivity index (χ1n) is 7.84. The molecule has 6 nitrogen and oxygen atoms in total. The van der Waals surface area contributed by atoms with Crippen LogP contribution in [0.1, 0.15) is 29.3 Å². The van der Waals surface area contributed by atoms with Crippen molar-refractivity contribution in [3.63, 3.8) is 0 Å². The molecular formula is C18H22N2O4. The van der Waals surface area contributed by atoms with Gasteiger partial charge in [-0.15, -0.1) is 0 Å². The number of amides is 2. The molecule has 0 aliphatic heterocycles. The fraction of sp³-hybridized carbons (Fsp3) is 0.333. The second-order valence-electron chi connectivity index (χ2n) is 5.58. The number of hydrogen-bond donors (Lipinski definition) is 3. The highest BCUT2D eigenvalue weighted by molar-refractivity contribution is 5.84. The van der Waals surface area contributed by atoms with Gasteiger partial charge in [-0.1, -0.05) is 29.8 Å². The molecule has 24 heavy (non-hydrogen) atoms. The number of furan rings is 1. The number of rotatable bonds is 8. The third-order valence-corrected chi connectivity index (χ3v) is 3.61. The van der Waals surface area contributed by atoms with E-state index in [0.717, 1.165) is 5.56 Å². The molecule has 1 atom stereocenters. The lowest BCUT2D eigenvalue weighted by Gasteiger charge is -2.14. The Balaban J connectivity index is 1.70. The third-order valence-electron chi connectivity index (χ3n) is 3.61. The summed E-state index contributed by atoms with van der Waals surface area (Å²) in [6.45, 7) is 1.60. The Bertz CT molecular complexity index is 650. The largest absolute Gasteiger partial charge is 0.467 e. The molecule has 6 heteroatoms. The molecule has 128 valence electrons. The number of carbonyl (C=O) groups excluding carboxylic acids is 2. The molecule has 0 saturated heterocycles. The fourth-order valence-corrected chi connectivity index (χ4v) is 2.22. The molecule has 0 spiro atoms. The monoisotopic (exact) mass is 330 g/mol. The molecule has 0 bridgehead atoms. The number of aliphatic hydroxyl groups excluding tert-OH is 1. The zero-order chi connectivity index (χ0) is 17.4. The minimum Gasteiger partial charge on any atom is -0.467 e.